The summed E-state index contributed by atoms with van der Waals surface area (Å²) in [4.78, 5) is 37.7. The summed E-state index contributed by atoms with van der Waals surface area (Å²) in [6.07, 6.45) is 2.90. The lowest BCUT2D eigenvalue weighted by molar-refractivity contribution is -0.117. The Balaban J connectivity index is 1.63. The number of hydrogen-bond donors (Lipinski definition) is 5. The Labute approximate surface area is 217 Å². The predicted octanol–water partition coefficient (Wildman–Crippen LogP) is 3.24. The number of nitrogens with one attached hydrogen (secondary N) is 3. The maximum atomic E-state index is 12.9. The van der Waals surface area contributed by atoms with Crippen LogP contribution in [0.2, 0.25) is 0 Å². The van der Waals surface area contributed by atoms with Gasteiger partial charge in [-0.25, -0.2) is 0 Å². The van der Waals surface area contributed by atoms with Gasteiger partial charge in [-0.1, -0.05) is 60.7 Å². The lowest BCUT2D eigenvalue weighted by Crippen LogP contribution is -2.36. The number of hydrogen-bond acceptors (Lipinski definition) is 5. The zero-order chi connectivity index (χ0) is 26.5. The number of aryl methyl sites for hydroxylation is 2. The van der Waals surface area contributed by atoms with E-state index >= 15 is 0 Å². The fourth-order valence-electron chi connectivity index (χ4n) is 3.83. The Morgan fingerprint density at radius 3 is 2.00 bits per heavy atom. The van der Waals surface area contributed by atoms with E-state index in [4.69, 9.17) is 11.5 Å². The summed E-state index contributed by atoms with van der Waals surface area (Å²) in [7, 11) is 0. The van der Waals surface area contributed by atoms with Crippen molar-refractivity contribution in [1.82, 2.24) is 5.32 Å². The van der Waals surface area contributed by atoms with Crippen molar-refractivity contribution in [2.24, 2.45) is 11.5 Å². The highest BCUT2D eigenvalue weighted by Gasteiger charge is 2.16. The van der Waals surface area contributed by atoms with Crippen molar-refractivity contribution in [2.75, 3.05) is 23.7 Å². The summed E-state index contributed by atoms with van der Waals surface area (Å²) in [5, 5.41) is 8.43. The van der Waals surface area contributed by atoms with Crippen molar-refractivity contribution in [1.29, 1.82) is 0 Å². The fourth-order valence-corrected chi connectivity index (χ4v) is 3.83. The predicted molar refractivity (Wildman–Crippen MR) is 147 cm³/mol. The van der Waals surface area contributed by atoms with E-state index in [1.807, 2.05) is 48.5 Å². The first-order valence-electron chi connectivity index (χ1n) is 12.5. The highest BCUT2D eigenvalue weighted by molar-refractivity contribution is 6.01. The normalized spacial score (nSPS) is 11.4. The third-order valence-corrected chi connectivity index (χ3v) is 5.81. The van der Waals surface area contributed by atoms with Crippen molar-refractivity contribution >= 4 is 29.1 Å². The third-order valence-electron chi connectivity index (χ3n) is 5.81. The first-order valence-corrected chi connectivity index (χ1v) is 12.5. The van der Waals surface area contributed by atoms with Gasteiger partial charge in [-0.05, 0) is 55.0 Å². The van der Waals surface area contributed by atoms with Crippen LogP contribution in [0.4, 0.5) is 11.4 Å². The minimum atomic E-state index is -0.731. The van der Waals surface area contributed by atoms with E-state index < -0.39 is 6.04 Å². The molecule has 0 radical (unpaired) electrons. The van der Waals surface area contributed by atoms with Crippen LogP contribution in [-0.2, 0) is 22.4 Å². The molecule has 0 aliphatic carbocycles. The molecule has 3 amide bonds. The quantitative estimate of drug-likeness (QED) is 0.229. The van der Waals surface area contributed by atoms with Gasteiger partial charge in [0.2, 0.25) is 11.8 Å². The van der Waals surface area contributed by atoms with E-state index in [9.17, 15) is 14.4 Å². The van der Waals surface area contributed by atoms with Gasteiger partial charge >= 0.3 is 0 Å². The number of rotatable bonds is 13. The molecule has 0 aliphatic rings. The van der Waals surface area contributed by atoms with Gasteiger partial charge in [0.25, 0.3) is 5.91 Å². The molecule has 1 atom stereocenters. The topological polar surface area (TPSA) is 139 Å². The van der Waals surface area contributed by atoms with E-state index in [0.717, 1.165) is 18.4 Å². The number of amides is 3. The fraction of sp³-hybridized carbons (Fsp3) is 0.276. The van der Waals surface area contributed by atoms with Gasteiger partial charge < -0.3 is 27.4 Å². The molecule has 8 heteroatoms. The van der Waals surface area contributed by atoms with Gasteiger partial charge in [0.15, 0.2) is 0 Å². The Hall–Kier alpha value is -4.01. The van der Waals surface area contributed by atoms with Crippen LogP contribution in [0.15, 0.2) is 78.9 Å². The van der Waals surface area contributed by atoms with Gasteiger partial charge in [0.1, 0.15) is 0 Å². The van der Waals surface area contributed by atoms with E-state index in [1.54, 1.807) is 18.2 Å². The molecule has 0 aliphatic heterocycles. The third kappa shape index (κ3) is 9.51. The average Bonchev–Trinajstić information content (AvgIpc) is 2.90. The Morgan fingerprint density at radius 2 is 1.38 bits per heavy atom. The molecule has 0 unspecified atom stereocenters. The second-order valence-corrected chi connectivity index (χ2v) is 8.85. The summed E-state index contributed by atoms with van der Waals surface area (Å²) in [5.74, 6) is -0.942. The Kier molecular flexibility index (Phi) is 10.8. The monoisotopic (exact) mass is 501 g/mol. The summed E-state index contributed by atoms with van der Waals surface area (Å²) >= 11 is 0. The van der Waals surface area contributed by atoms with Crippen molar-refractivity contribution < 1.29 is 14.4 Å². The van der Waals surface area contributed by atoms with E-state index in [0.29, 0.717) is 36.3 Å². The number of anilines is 2. The molecule has 194 valence electrons. The molecule has 0 saturated carbocycles. The average molecular weight is 502 g/mol. The Morgan fingerprint density at radius 1 is 0.784 bits per heavy atom. The summed E-state index contributed by atoms with van der Waals surface area (Å²) in [5.41, 5.74) is 15.0. The number of nitrogens with two attached hydrogens (primary N) is 2. The van der Waals surface area contributed by atoms with Crippen LogP contribution in [0.5, 0.6) is 0 Å². The molecule has 3 rings (SSSR count). The van der Waals surface area contributed by atoms with Crippen molar-refractivity contribution in [2.45, 2.75) is 38.1 Å². The van der Waals surface area contributed by atoms with Crippen LogP contribution in [0, 0.1) is 0 Å². The molecule has 0 fully saturated rings. The molecule has 0 spiro atoms. The first kappa shape index (κ1) is 27.6. The summed E-state index contributed by atoms with van der Waals surface area (Å²) in [6.45, 7) is 0.691. The van der Waals surface area contributed by atoms with Crippen LogP contribution < -0.4 is 27.4 Å². The second-order valence-electron chi connectivity index (χ2n) is 8.85. The number of carbonyl (C=O) groups is 3. The molecule has 0 bridgehead atoms. The first-order chi connectivity index (χ1) is 17.9. The van der Waals surface area contributed by atoms with Gasteiger partial charge in [-0.15, -0.1) is 0 Å². The molecular formula is C29H35N5O3. The highest BCUT2D eigenvalue weighted by atomic mass is 16.2. The zero-order valence-corrected chi connectivity index (χ0v) is 20.9. The standard InChI is InChI=1S/C29H35N5O3/c30-16-15-27(35)33-24-18-23(28(36)32-17-7-12-21-8-3-1-4-9-21)19-25(20-24)34-29(37)26(31)14-13-22-10-5-2-6-11-22/h1-6,8-11,18-20,26H,7,12-17,30-31H2,(H,32,36)(H,33,35)(H,34,37)/t26-/m0/s1. The molecule has 0 heterocycles. The maximum Gasteiger partial charge on any atom is 0.251 e. The minimum absolute atomic E-state index is 0.141. The summed E-state index contributed by atoms with van der Waals surface area (Å²) in [6, 6.07) is 23.9. The molecule has 0 saturated heterocycles. The van der Waals surface area contributed by atoms with E-state index in [-0.39, 0.29) is 30.7 Å². The molecule has 0 aromatic heterocycles. The molecule has 3 aromatic rings. The van der Waals surface area contributed by atoms with Crippen LogP contribution in [0.1, 0.15) is 40.7 Å². The van der Waals surface area contributed by atoms with Crippen LogP contribution >= 0.6 is 0 Å². The lowest BCUT2D eigenvalue weighted by Gasteiger charge is -2.15. The molecule has 37 heavy (non-hydrogen) atoms. The molecule has 7 N–H and O–H groups in total. The molecule has 3 aromatic carbocycles. The van der Waals surface area contributed by atoms with Crippen LogP contribution in [-0.4, -0.2) is 36.9 Å². The smallest absolute Gasteiger partial charge is 0.251 e. The largest absolute Gasteiger partial charge is 0.352 e. The zero-order valence-electron chi connectivity index (χ0n) is 20.9. The van der Waals surface area contributed by atoms with Crippen molar-refractivity contribution in [3.05, 3.63) is 95.6 Å². The molecule has 8 nitrogen and oxygen atoms in total. The number of benzene rings is 3. The number of carbonyl (C=O) groups excluding carboxylic acids is 3. The van der Waals surface area contributed by atoms with Gasteiger partial charge in [-0.3, -0.25) is 14.4 Å². The van der Waals surface area contributed by atoms with Crippen LogP contribution in [0.25, 0.3) is 0 Å². The Bertz CT molecular complexity index is 1170. The van der Waals surface area contributed by atoms with Crippen molar-refractivity contribution in [3.8, 4) is 0 Å². The maximum absolute atomic E-state index is 12.9. The van der Waals surface area contributed by atoms with Crippen LogP contribution in [0.3, 0.4) is 0 Å². The SMILES string of the molecule is NCCC(=O)Nc1cc(NC(=O)[C@@H](N)CCc2ccccc2)cc(C(=O)NCCCc2ccccc2)c1. The van der Waals surface area contributed by atoms with Gasteiger partial charge in [0.05, 0.1) is 6.04 Å². The van der Waals surface area contributed by atoms with Crippen molar-refractivity contribution in [3.63, 3.8) is 0 Å². The van der Waals surface area contributed by atoms with Gasteiger partial charge in [-0.2, -0.15) is 0 Å². The lowest BCUT2D eigenvalue weighted by atomic mass is 10.1. The summed E-state index contributed by atoms with van der Waals surface area (Å²) < 4.78 is 0. The highest BCUT2D eigenvalue weighted by Crippen LogP contribution is 2.20. The second kappa shape index (κ2) is 14.5. The van der Waals surface area contributed by atoms with E-state index in [1.165, 1.54) is 5.56 Å². The van der Waals surface area contributed by atoms with Gasteiger partial charge in [0, 0.05) is 36.4 Å². The van der Waals surface area contributed by atoms with E-state index in [2.05, 4.69) is 28.1 Å². The molecular weight excluding hydrogens is 466 g/mol. The minimum Gasteiger partial charge on any atom is -0.352 e.